The number of rotatable bonds is 5. The van der Waals surface area contributed by atoms with Crippen molar-refractivity contribution in [3.63, 3.8) is 0 Å². The topological polar surface area (TPSA) is 51.8 Å². The summed E-state index contributed by atoms with van der Waals surface area (Å²) >= 11 is 0. The molecule has 4 nitrogen and oxygen atoms in total. The molecule has 0 unspecified atom stereocenters. The van der Waals surface area contributed by atoms with Crippen molar-refractivity contribution in [3.8, 4) is 11.6 Å². The van der Waals surface area contributed by atoms with E-state index in [4.69, 9.17) is 4.52 Å². The molecule has 2 rings (SSSR count). The van der Waals surface area contributed by atoms with E-state index < -0.39 is 0 Å². The second-order valence-corrected chi connectivity index (χ2v) is 3.69. The van der Waals surface area contributed by atoms with Gasteiger partial charge in [0.25, 0.3) is 5.89 Å². The van der Waals surface area contributed by atoms with Gasteiger partial charge in [0.15, 0.2) is 5.82 Å². The Bertz CT molecular complexity index is 425. The zero-order chi connectivity index (χ0) is 11.2. The van der Waals surface area contributed by atoms with E-state index >= 15 is 0 Å². The Hall–Kier alpha value is -1.71. The molecule has 0 saturated carbocycles. The number of aromatic nitrogens is 3. The molecule has 0 aliphatic rings. The van der Waals surface area contributed by atoms with Gasteiger partial charge in [0.05, 0.1) is 0 Å². The molecule has 0 saturated heterocycles. The number of nitrogens with zero attached hydrogens (tertiary/aromatic N) is 3. The molecular weight excluding hydrogens is 202 g/mol. The van der Waals surface area contributed by atoms with E-state index in [2.05, 4.69) is 22.0 Å². The fourth-order valence-corrected chi connectivity index (χ4v) is 1.48. The smallest absolute Gasteiger partial charge is 0.276 e. The SMILES string of the molecule is CCCCCc1noc(-c2ccccn2)n1. The molecule has 0 spiro atoms. The van der Waals surface area contributed by atoms with Crippen molar-refractivity contribution < 1.29 is 4.52 Å². The highest BCUT2D eigenvalue weighted by Gasteiger charge is 2.08. The first-order chi connectivity index (χ1) is 7.90. The van der Waals surface area contributed by atoms with Crippen molar-refractivity contribution in [2.24, 2.45) is 0 Å². The molecule has 2 aromatic rings. The van der Waals surface area contributed by atoms with Gasteiger partial charge in [-0.25, -0.2) is 0 Å². The van der Waals surface area contributed by atoms with Crippen molar-refractivity contribution in [3.05, 3.63) is 30.2 Å². The van der Waals surface area contributed by atoms with Gasteiger partial charge >= 0.3 is 0 Å². The maximum atomic E-state index is 5.16. The highest BCUT2D eigenvalue weighted by Crippen LogP contribution is 2.14. The van der Waals surface area contributed by atoms with E-state index in [0.717, 1.165) is 24.4 Å². The van der Waals surface area contributed by atoms with Gasteiger partial charge in [0.2, 0.25) is 0 Å². The van der Waals surface area contributed by atoms with Gasteiger partial charge in [-0.3, -0.25) is 4.98 Å². The number of aryl methyl sites for hydroxylation is 1. The third-order valence-electron chi connectivity index (χ3n) is 2.36. The van der Waals surface area contributed by atoms with E-state index in [9.17, 15) is 0 Å². The second kappa shape index (κ2) is 5.39. The van der Waals surface area contributed by atoms with Crippen LogP contribution in [0.1, 0.15) is 32.0 Å². The summed E-state index contributed by atoms with van der Waals surface area (Å²) in [6.45, 7) is 2.18. The lowest BCUT2D eigenvalue weighted by Gasteiger charge is -1.91. The largest absolute Gasteiger partial charge is 0.332 e. The minimum Gasteiger partial charge on any atom is -0.332 e. The van der Waals surface area contributed by atoms with Gasteiger partial charge in [-0.05, 0) is 18.6 Å². The minimum atomic E-state index is 0.507. The maximum Gasteiger partial charge on any atom is 0.276 e. The first-order valence-electron chi connectivity index (χ1n) is 5.64. The van der Waals surface area contributed by atoms with Crippen LogP contribution in [0.5, 0.6) is 0 Å². The molecule has 0 N–H and O–H groups in total. The van der Waals surface area contributed by atoms with Crippen LogP contribution < -0.4 is 0 Å². The summed E-state index contributed by atoms with van der Waals surface area (Å²) in [6.07, 6.45) is 6.11. The van der Waals surface area contributed by atoms with Crippen LogP contribution in [0.15, 0.2) is 28.9 Å². The van der Waals surface area contributed by atoms with Gasteiger partial charge in [-0.1, -0.05) is 31.0 Å². The Morgan fingerprint density at radius 1 is 1.25 bits per heavy atom. The normalized spacial score (nSPS) is 10.6. The van der Waals surface area contributed by atoms with E-state index in [-0.39, 0.29) is 0 Å². The zero-order valence-electron chi connectivity index (χ0n) is 9.39. The average Bonchev–Trinajstić information content (AvgIpc) is 2.79. The summed E-state index contributed by atoms with van der Waals surface area (Å²) in [7, 11) is 0. The van der Waals surface area contributed by atoms with Crippen LogP contribution in [0.2, 0.25) is 0 Å². The highest BCUT2D eigenvalue weighted by molar-refractivity contribution is 5.45. The lowest BCUT2D eigenvalue weighted by molar-refractivity contribution is 0.420. The summed E-state index contributed by atoms with van der Waals surface area (Å²) in [5, 5.41) is 3.94. The van der Waals surface area contributed by atoms with Crippen molar-refractivity contribution >= 4 is 0 Å². The Balaban J connectivity index is 2.02. The fourth-order valence-electron chi connectivity index (χ4n) is 1.48. The molecule has 0 bridgehead atoms. The number of unbranched alkanes of at least 4 members (excludes halogenated alkanes) is 2. The average molecular weight is 217 g/mol. The molecule has 0 aliphatic carbocycles. The van der Waals surface area contributed by atoms with Gasteiger partial charge < -0.3 is 4.52 Å². The van der Waals surface area contributed by atoms with Crippen molar-refractivity contribution in [1.29, 1.82) is 0 Å². The quantitative estimate of drug-likeness (QED) is 0.722. The zero-order valence-corrected chi connectivity index (χ0v) is 9.39. The Morgan fingerprint density at radius 3 is 2.94 bits per heavy atom. The number of hydrogen-bond donors (Lipinski definition) is 0. The maximum absolute atomic E-state index is 5.16. The molecule has 4 heteroatoms. The molecule has 0 atom stereocenters. The number of pyridine rings is 1. The predicted molar refractivity (Wildman–Crippen MR) is 60.8 cm³/mol. The van der Waals surface area contributed by atoms with Crippen LogP contribution in [0.4, 0.5) is 0 Å². The van der Waals surface area contributed by atoms with Crippen molar-refractivity contribution in [1.82, 2.24) is 15.1 Å². The van der Waals surface area contributed by atoms with Crippen LogP contribution >= 0.6 is 0 Å². The van der Waals surface area contributed by atoms with E-state index in [0.29, 0.717) is 5.89 Å². The van der Waals surface area contributed by atoms with Crippen LogP contribution in [0, 0.1) is 0 Å². The van der Waals surface area contributed by atoms with Crippen molar-refractivity contribution in [2.75, 3.05) is 0 Å². The summed E-state index contributed by atoms with van der Waals surface area (Å²) in [6, 6.07) is 5.63. The first-order valence-corrected chi connectivity index (χ1v) is 5.64. The second-order valence-electron chi connectivity index (χ2n) is 3.69. The Morgan fingerprint density at radius 2 is 2.19 bits per heavy atom. The van der Waals surface area contributed by atoms with Crippen LogP contribution in [-0.2, 0) is 6.42 Å². The van der Waals surface area contributed by atoms with E-state index in [1.807, 2.05) is 18.2 Å². The summed E-state index contributed by atoms with van der Waals surface area (Å²) in [4.78, 5) is 8.47. The first kappa shape index (κ1) is 10.8. The summed E-state index contributed by atoms with van der Waals surface area (Å²) in [5.41, 5.74) is 0.733. The molecule has 0 aromatic carbocycles. The molecule has 0 radical (unpaired) electrons. The molecule has 16 heavy (non-hydrogen) atoms. The Labute approximate surface area is 94.7 Å². The van der Waals surface area contributed by atoms with Gasteiger partial charge in [0, 0.05) is 12.6 Å². The Kier molecular flexibility index (Phi) is 3.64. The van der Waals surface area contributed by atoms with Crippen LogP contribution in [0.25, 0.3) is 11.6 Å². The summed E-state index contributed by atoms with van der Waals surface area (Å²) in [5.74, 6) is 1.28. The predicted octanol–water partition coefficient (Wildman–Crippen LogP) is 2.86. The van der Waals surface area contributed by atoms with Crippen LogP contribution in [0.3, 0.4) is 0 Å². The highest BCUT2D eigenvalue weighted by atomic mass is 16.5. The fraction of sp³-hybridized carbons (Fsp3) is 0.417. The molecule has 0 aliphatic heterocycles. The molecule has 84 valence electrons. The lowest BCUT2D eigenvalue weighted by Crippen LogP contribution is -1.88. The molecule has 2 heterocycles. The van der Waals surface area contributed by atoms with E-state index in [1.54, 1.807) is 6.20 Å². The van der Waals surface area contributed by atoms with Crippen molar-refractivity contribution in [2.45, 2.75) is 32.6 Å². The summed E-state index contributed by atoms with van der Waals surface area (Å²) < 4.78 is 5.16. The van der Waals surface area contributed by atoms with Gasteiger partial charge in [-0.15, -0.1) is 0 Å². The standard InChI is InChI=1S/C12H15N3O/c1-2-3-4-8-11-14-12(16-15-11)10-7-5-6-9-13-10/h5-7,9H,2-4,8H2,1H3. The third-order valence-corrected chi connectivity index (χ3v) is 2.36. The molecular formula is C12H15N3O. The minimum absolute atomic E-state index is 0.507. The van der Waals surface area contributed by atoms with Crippen LogP contribution in [-0.4, -0.2) is 15.1 Å². The molecule has 0 fully saturated rings. The lowest BCUT2D eigenvalue weighted by atomic mass is 10.2. The van der Waals surface area contributed by atoms with Gasteiger partial charge in [0.1, 0.15) is 5.69 Å². The number of hydrogen-bond acceptors (Lipinski definition) is 4. The molecule has 2 aromatic heterocycles. The van der Waals surface area contributed by atoms with Gasteiger partial charge in [-0.2, -0.15) is 4.98 Å². The third kappa shape index (κ3) is 2.66. The van der Waals surface area contributed by atoms with E-state index in [1.165, 1.54) is 12.8 Å². The molecule has 0 amide bonds. The monoisotopic (exact) mass is 217 g/mol.